The van der Waals surface area contributed by atoms with Crippen LogP contribution >= 0.6 is 11.6 Å². The lowest BCUT2D eigenvalue weighted by Crippen LogP contribution is -2.30. The van der Waals surface area contributed by atoms with Crippen molar-refractivity contribution in [3.05, 3.63) is 22.8 Å². The third-order valence-electron chi connectivity index (χ3n) is 3.30. The molecule has 1 aliphatic heterocycles. The monoisotopic (exact) mass is 308 g/mol. The lowest BCUT2D eigenvalue weighted by molar-refractivity contribution is -0.137. The first-order valence-corrected chi connectivity index (χ1v) is 6.91. The molecule has 0 radical (unpaired) electrons. The van der Waals surface area contributed by atoms with Gasteiger partial charge in [0.25, 0.3) is 0 Å². The van der Waals surface area contributed by atoms with E-state index in [0.29, 0.717) is 12.5 Å². The molecule has 2 rings (SSSR count). The van der Waals surface area contributed by atoms with E-state index in [0.717, 1.165) is 44.6 Å². The molecule has 0 bridgehead atoms. The van der Waals surface area contributed by atoms with E-state index in [-0.39, 0.29) is 10.9 Å². The number of rotatable bonds is 4. The van der Waals surface area contributed by atoms with Crippen molar-refractivity contribution in [3.8, 4) is 5.88 Å². The maximum Gasteiger partial charge on any atom is 0.417 e. The molecule has 2 heterocycles. The summed E-state index contributed by atoms with van der Waals surface area (Å²) in [4.78, 5) is 3.64. The number of nitrogens with one attached hydrogen (secondary N) is 1. The fourth-order valence-corrected chi connectivity index (χ4v) is 2.40. The average molecular weight is 309 g/mol. The van der Waals surface area contributed by atoms with E-state index in [4.69, 9.17) is 16.3 Å². The molecule has 0 saturated carbocycles. The molecule has 7 heteroatoms. The van der Waals surface area contributed by atoms with Gasteiger partial charge in [0.15, 0.2) is 0 Å². The fourth-order valence-electron chi connectivity index (χ4n) is 2.18. The lowest BCUT2D eigenvalue weighted by Gasteiger charge is -2.22. The van der Waals surface area contributed by atoms with E-state index in [1.165, 1.54) is 0 Å². The van der Waals surface area contributed by atoms with Gasteiger partial charge in [-0.25, -0.2) is 4.98 Å². The fraction of sp³-hybridized carbons (Fsp3) is 0.615. The van der Waals surface area contributed by atoms with Crippen LogP contribution in [-0.2, 0) is 6.18 Å². The van der Waals surface area contributed by atoms with E-state index < -0.39 is 11.7 Å². The SMILES string of the molecule is FC(F)(F)c1cnc(OCC[C@H]2CCCNC2)c(Cl)c1. The zero-order valence-corrected chi connectivity index (χ0v) is 11.6. The van der Waals surface area contributed by atoms with Crippen molar-refractivity contribution in [1.82, 2.24) is 10.3 Å². The number of pyridine rings is 1. The van der Waals surface area contributed by atoms with Crippen LogP contribution in [0.2, 0.25) is 5.02 Å². The van der Waals surface area contributed by atoms with Crippen LogP contribution in [0.4, 0.5) is 13.2 Å². The van der Waals surface area contributed by atoms with Crippen LogP contribution in [0.5, 0.6) is 5.88 Å². The van der Waals surface area contributed by atoms with Gasteiger partial charge in [-0.3, -0.25) is 0 Å². The molecule has 0 aromatic carbocycles. The van der Waals surface area contributed by atoms with Crippen molar-refractivity contribution in [2.75, 3.05) is 19.7 Å². The van der Waals surface area contributed by atoms with Gasteiger partial charge >= 0.3 is 6.18 Å². The predicted octanol–water partition coefficient (Wildman–Crippen LogP) is 3.52. The summed E-state index contributed by atoms with van der Waals surface area (Å²) in [6.07, 6.45) is -0.577. The third-order valence-corrected chi connectivity index (χ3v) is 3.57. The summed E-state index contributed by atoms with van der Waals surface area (Å²) in [6.45, 7) is 2.41. The Labute approximate surface area is 120 Å². The van der Waals surface area contributed by atoms with Crippen molar-refractivity contribution in [2.45, 2.75) is 25.4 Å². The molecule has 0 amide bonds. The Kier molecular flexibility index (Phi) is 5.10. The normalized spacial score (nSPS) is 19.9. The molecule has 1 atom stereocenters. The van der Waals surface area contributed by atoms with Gasteiger partial charge in [0.05, 0.1) is 12.2 Å². The molecular weight excluding hydrogens is 293 g/mol. The van der Waals surface area contributed by atoms with Crippen LogP contribution in [0.3, 0.4) is 0 Å². The molecule has 1 aliphatic rings. The van der Waals surface area contributed by atoms with Gasteiger partial charge in [0.2, 0.25) is 5.88 Å². The van der Waals surface area contributed by atoms with E-state index in [1.807, 2.05) is 0 Å². The molecule has 1 aromatic heterocycles. The second-order valence-corrected chi connectivity index (χ2v) is 5.27. The molecule has 0 aliphatic carbocycles. The van der Waals surface area contributed by atoms with Crippen LogP contribution < -0.4 is 10.1 Å². The highest BCUT2D eigenvalue weighted by molar-refractivity contribution is 6.31. The minimum Gasteiger partial charge on any atom is -0.477 e. The zero-order valence-electron chi connectivity index (χ0n) is 10.8. The summed E-state index contributed by atoms with van der Waals surface area (Å²) in [6, 6.07) is 0.839. The van der Waals surface area contributed by atoms with Crippen LogP contribution in [0, 0.1) is 5.92 Å². The Morgan fingerprint density at radius 1 is 1.45 bits per heavy atom. The van der Waals surface area contributed by atoms with Gasteiger partial charge in [0, 0.05) is 6.20 Å². The summed E-state index contributed by atoms with van der Waals surface area (Å²) in [5, 5.41) is 3.19. The molecule has 1 saturated heterocycles. The second-order valence-electron chi connectivity index (χ2n) is 4.86. The Morgan fingerprint density at radius 2 is 2.25 bits per heavy atom. The number of halogens is 4. The number of nitrogens with zero attached hydrogens (tertiary/aromatic N) is 1. The molecule has 1 fully saturated rings. The highest BCUT2D eigenvalue weighted by atomic mass is 35.5. The topological polar surface area (TPSA) is 34.1 Å². The lowest BCUT2D eigenvalue weighted by atomic mass is 9.97. The number of piperidine rings is 1. The first-order valence-electron chi connectivity index (χ1n) is 6.53. The number of hydrogen-bond acceptors (Lipinski definition) is 3. The van der Waals surface area contributed by atoms with E-state index >= 15 is 0 Å². The van der Waals surface area contributed by atoms with Crippen molar-refractivity contribution >= 4 is 11.6 Å². The molecule has 3 nitrogen and oxygen atoms in total. The van der Waals surface area contributed by atoms with Crippen LogP contribution in [0.25, 0.3) is 0 Å². The van der Waals surface area contributed by atoms with Gasteiger partial charge < -0.3 is 10.1 Å². The van der Waals surface area contributed by atoms with Gasteiger partial charge in [-0.1, -0.05) is 11.6 Å². The van der Waals surface area contributed by atoms with Crippen molar-refractivity contribution < 1.29 is 17.9 Å². The molecular formula is C13H16ClF3N2O. The number of ether oxygens (including phenoxy) is 1. The average Bonchev–Trinajstić information content (AvgIpc) is 2.40. The Balaban J connectivity index is 1.86. The molecule has 1 N–H and O–H groups in total. The highest BCUT2D eigenvalue weighted by Gasteiger charge is 2.31. The zero-order chi connectivity index (χ0) is 14.6. The Bertz CT molecular complexity index is 448. The van der Waals surface area contributed by atoms with Gasteiger partial charge in [-0.05, 0) is 44.3 Å². The quantitative estimate of drug-likeness (QED) is 0.924. The van der Waals surface area contributed by atoms with E-state index in [2.05, 4.69) is 10.3 Å². The van der Waals surface area contributed by atoms with Gasteiger partial charge in [-0.2, -0.15) is 13.2 Å². The smallest absolute Gasteiger partial charge is 0.417 e. The van der Waals surface area contributed by atoms with Crippen molar-refractivity contribution in [1.29, 1.82) is 0 Å². The van der Waals surface area contributed by atoms with Crippen LogP contribution in [0.15, 0.2) is 12.3 Å². The highest BCUT2D eigenvalue weighted by Crippen LogP contribution is 2.33. The maximum atomic E-state index is 12.4. The number of alkyl halides is 3. The summed E-state index contributed by atoms with van der Waals surface area (Å²) >= 11 is 5.76. The first kappa shape index (κ1) is 15.4. The predicted molar refractivity (Wildman–Crippen MR) is 70.0 cm³/mol. The molecule has 0 spiro atoms. The minimum atomic E-state index is -4.44. The van der Waals surface area contributed by atoms with Crippen LogP contribution in [0.1, 0.15) is 24.8 Å². The summed E-state index contributed by atoms with van der Waals surface area (Å²) in [7, 11) is 0. The molecule has 1 aromatic rings. The minimum absolute atomic E-state index is 0.0587. The molecule has 20 heavy (non-hydrogen) atoms. The second kappa shape index (κ2) is 6.63. The molecule has 0 unspecified atom stereocenters. The van der Waals surface area contributed by atoms with Crippen LogP contribution in [-0.4, -0.2) is 24.7 Å². The third kappa shape index (κ3) is 4.24. The van der Waals surface area contributed by atoms with Gasteiger partial charge in [-0.15, -0.1) is 0 Å². The summed E-state index contributed by atoms with van der Waals surface area (Å²) < 4.78 is 42.7. The van der Waals surface area contributed by atoms with E-state index in [1.54, 1.807) is 0 Å². The molecule has 112 valence electrons. The largest absolute Gasteiger partial charge is 0.477 e. The van der Waals surface area contributed by atoms with E-state index in [9.17, 15) is 13.2 Å². The van der Waals surface area contributed by atoms with Crippen molar-refractivity contribution in [2.24, 2.45) is 5.92 Å². The van der Waals surface area contributed by atoms with Crippen molar-refractivity contribution in [3.63, 3.8) is 0 Å². The van der Waals surface area contributed by atoms with Gasteiger partial charge in [0.1, 0.15) is 5.02 Å². The maximum absolute atomic E-state index is 12.4. The standard InChI is InChI=1S/C13H16ClF3N2O/c14-11-6-10(13(15,16)17)8-19-12(11)20-5-3-9-2-1-4-18-7-9/h6,8-9,18H,1-5,7H2/t9-/m1/s1. The number of hydrogen-bond donors (Lipinski definition) is 1. The first-order chi connectivity index (χ1) is 9.47. The Morgan fingerprint density at radius 3 is 2.85 bits per heavy atom. The number of aromatic nitrogens is 1. The summed E-state index contributed by atoms with van der Waals surface area (Å²) in [5.74, 6) is 0.598. The Hall–Kier alpha value is -1.01. The summed E-state index contributed by atoms with van der Waals surface area (Å²) in [5.41, 5.74) is -0.869.